The number of amides is 1. The van der Waals surface area contributed by atoms with Gasteiger partial charge in [-0.2, -0.15) is 0 Å². The average Bonchev–Trinajstić information content (AvgIpc) is 2.99. The Hall–Kier alpha value is -1.88. The summed E-state index contributed by atoms with van der Waals surface area (Å²) >= 11 is 6.09. The maximum absolute atomic E-state index is 12.4. The van der Waals surface area contributed by atoms with E-state index in [1.807, 2.05) is 26.8 Å². The van der Waals surface area contributed by atoms with Crippen molar-refractivity contribution in [1.82, 2.24) is 4.98 Å². The lowest BCUT2D eigenvalue weighted by molar-refractivity contribution is 0.0582. The smallest absolute Gasteiger partial charge is 0.414 e. The van der Waals surface area contributed by atoms with Gasteiger partial charge in [-0.15, -0.1) is 11.6 Å². The van der Waals surface area contributed by atoms with Gasteiger partial charge in [0.05, 0.1) is 11.2 Å². The number of aromatic amines is 1. The molecule has 0 fully saturated rings. The van der Waals surface area contributed by atoms with Crippen LogP contribution in [0.4, 0.5) is 10.5 Å². The summed E-state index contributed by atoms with van der Waals surface area (Å²) in [6.45, 7) is 5.94. The Morgan fingerprint density at radius 1 is 1.55 bits per heavy atom. The highest BCUT2D eigenvalue weighted by Crippen LogP contribution is 2.45. The second-order valence-corrected chi connectivity index (χ2v) is 6.85. The van der Waals surface area contributed by atoms with E-state index in [4.69, 9.17) is 16.3 Å². The molecule has 0 saturated heterocycles. The third-order valence-electron chi connectivity index (χ3n) is 3.74. The van der Waals surface area contributed by atoms with Crippen molar-refractivity contribution in [3.63, 3.8) is 0 Å². The maximum atomic E-state index is 12.4. The van der Waals surface area contributed by atoms with Gasteiger partial charge < -0.3 is 14.8 Å². The topological polar surface area (TPSA) is 65.6 Å². The number of carbonyl (C=O) groups excluding carboxylic acids is 1. The molecule has 0 bridgehead atoms. The van der Waals surface area contributed by atoms with Gasteiger partial charge in [0.2, 0.25) is 0 Å². The summed E-state index contributed by atoms with van der Waals surface area (Å²) < 4.78 is 5.46. The number of ether oxygens (including phenoxy) is 1. The summed E-state index contributed by atoms with van der Waals surface area (Å²) in [5.74, 6) is 0.530. The number of carbonyl (C=O) groups is 1. The largest absolute Gasteiger partial charge is 0.506 e. The van der Waals surface area contributed by atoms with E-state index in [0.29, 0.717) is 23.6 Å². The van der Waals surface area contributed by atoms with Crippen molar-refractivity contribution < 1.29 is 14.6 Å². The number of anilines is 1. The third kappa shape index (κ3) is 2.39. The van der Waals surface area contributed by atoms with Crippen LogP contribution in [-0.2, 0) is 4.74 Å². The Morgan fingerprint density at radius 3 is 2.91 bits per heavy atom. The highest BCUT2D eigenvalue weighted by molar-refractivity contribution is 6.19. The summed E-state index contributed by atoms with van der Waals surface area (Å²) in [5.41, 5.74) is 1.75. The average molecular weight is 323 g/mol. The van der Waals surface area contributed by atoms with Gasteiger partial charge in [-0.3, -0.25) is 4.90 Å². The molecule has 0 aliphatic carbocycles. The molecule has 2 N–H and O–H groups in total. The fourth-order valence-corrected chi connectivity index (χ4v) is 3.15. The zero-order valence-electron chi connectivity index (χ0n) is 12.8. The number of hydrogen-bond acceptors (Lipinski definition) is 3. The van der Waals surface area contributed by atoms with Crippen LogP contribution < -0.4 is 4.90 Å². The monoisotopic (exact) mass is 322 g/mol. The molecule has 2 aromatic rings. The number of H-pyrrole nitrogens is 1. The molecule has 6 heteroatoms. The number of nitrogens with zero attached hydrogens (tertiary/aromatic N) is 1. The highest BCUT2D eigenvalue weighted by Gasteiger charge is 2.36. The number of benzene rings is 1. The number of nitrogens with one attached hydrogen (secondary N) is 1. The van der Waals surface area contributed by atoms with Gasteiger partial charge >= 0.3 is 6.09 Å². The van der Waals surface area contributed by atoms with E-state index in [-0.39, 0.29) is 11.7 Å². The van der Waals surface area contributed by atoms with Crippen molar-refractivity contribution in [3.05, 3.63) is 23.9 Å². The van der Waals surface area contributed by atoms with E-state index in [0.717, 1.165) is 10.9 Å². The molecule has 22 heavy (non-hydrogen) atoms. The number of phenols is 1. The predicted octanol–water partition coefficient (Wildman–Crippen LogP) is 3.95. The maximum Gasteiger partial charge on any atom is 0.414 e. The van der Waals surface area contributed by atoms with E-state index in [1.54, 1.807) is 17.2 Å². The number of aromatic hydroxyl groups is 1. The van der Waals surface area contributed by atoms with Crippen molar-refractivity contribution >= 4 is 34.3 Å². The van der Waals surface area contributed by atoms with Crippen molar-refractivity contribution in [2.24, 2.45) is 0 Å². The molecule has 1 aromatic heterocycles. The Bertz CT molecular complexity index is 733. The second-order valence-electron chi connectivity index (χ2n) is 6.54. The number of aromatic nitrogens is 1. The van der Waals surface area contributed by atoms with E-state index < -0.39 is 11.7 Å². The van der Waals surface area contributed by atoms with Crippen LogP contribution in [0.3, 0.4) is 0 Å². The van der Waals surface area contributed by atoms with Crippen LogP contribution in [0, 0.1) is 0 Å². The first-order chi connectivity index (χ1) is 10.3. The molecule has 1 aliphatic rings. The summed E-state index contributed by atoms with van der Waals surface area (Å²) in [5, 5.41) is 11.1. The molecule has 0 saturated carbocycles. The summed E-state index contributed by atoms with van der Waals surface area (Å²) in [7, 11) is 0. The number of fused-ring (bicyclic) bond motifs is 3. The Morgan fingerprint density at radius 2 is 2.27 bits per heavy atom. The summed E-state index contributed by atoms with van der Waals surface area (Å²) in [4.78, 5) is 17.0. The van der Waals surface area contributed by atoms with Gasteiger partial charge in [0.1, 0.15) is 11.4 Å². The first kappa shape index (κ1) is 15.0. The molecule has 0 unspecified atom stereocenters. The molecule has 3 rings (SSSR count). The van der Waals surface area contributed by atoms with E-state index in [2.05, 4.69) is 4.98 Å². The van der Waals surface area contributed by atoms with Crippen LogP contribution in [-0.4, -0.2) is 34.2 Å². The molecular weight excluding hydrogens is 304 g/mol. The first-order valence-electron chi connectivity index (χ1n) is 7.21. The molecule has 2 heterocycles. The summed E-state index contributed by atoms with van der Waals surface area (Å²) in [6.07, 6.45) is 1.35. The van der Waals surface area contributed by atoms with Crippen LogP contribution in [0.5, 0.6) is 5.75 Å². The van der Waals surface area contributed by atoms with Gasteiger partial charge in [-0.25, -0.2) is 4.79 Å². The lowest BCUT2D eigenvalue weighted by atomic mass is 9.99. The highest BCUT2D eigenvalue weighted by atomic mass is 35.5. The molecule has 1 aromatic carbocycles. The molecule has 1 aliphatic heterocycles. The van der Waals surface area contributed by atoms with Gasteiger partial charge in [0, 0.05) is 36.0 Å². The van der Waals surface area contributed by atoms with Gasteiger partial charge in [0.15, 0.2) is 0 Å². The SMILES string of the molecule is CC(C)(C)OC(=O)N1C[C@H](CCl)c2c1cc(O)c1[nH]ccc21. The van der Waals surface area contributed by atoms with E-state index in [1.165, 1.54) is 0 Å². The van der Waals surface area contributed by atoms with Crippen LogP contribution in [0.2, 0.25) is 0 Å². The second kappa shape index (κ2) is 5.09. The molecule has 1 amide bonds. The molecule has 5 nitrogen and oxygen atoms in total. The quantitative estimate of drug-likeness (QED) is 0.781. The van der Waals surface area contributed by atoms with Crippen molar-refractivity contribution in [1.29, 1.82) is 0 Å². The Kier molecular flexibility index (Phi) is 3.48. The van der Waals surface area contributed by atoms with Gasteiger partial charge in [-0.05, 0) is 32.4 Å². The third-order valence-corrected chi connectivity index (χ3v) is 4.12. The van der Waals surface area contributed by atoms with Crippen LogP contribution in [0.1, 0.15) is 32.3 Å². The first-order valence-corrected chi connectivity index (χ1v) is 7.74. The fraction of sp³-hybridized carbons (Fsp3) is 0.438. The normalized spacial score (nSPS) is 17.8. The van der Waals surface area contributed by atoms with Gasteiger partial charge in [-0.1, -0.05) is 0 Å². The molecular formula is C16H19ClN2O3. The zero-order chi connectivity index (χ0) is 16.1. The number of halogens is 1. The molecule has 0 radical (unpaired) electrons. The Labute approximate surface area is 133 Å². The lowest BCUT2D eigenvalue weighted by Crippen LogP contribution is -2.36. The minimum Gasteiger partial charge on any atom is -0.506 e. The zero-order valence-corrected chi connectivity index (χ0v) is 13.6. The van der Waals surface area contributed by atoms with Crippen molar-refractivity contribution in [2.45, 2.75) is 32.3 Å². The minimum atomic E-state index is -0.573. The molecule has 0 spiro atoms. The molecule has 1 atom stereocenters. The minimum absolute atomic E-state index is 0.0167. The number of hydrogen-bond donors (Lipinski definition) is 2. The van der Waals surface area contributed by atoms with E-state index >= 15 is 0 Å². The number of alkyl halides is 1. The van der Waals surface area contributed by atoms with E-state index in [9.17, 15) is 9.90 Å². The fourth-order valence-electron chi connectivity index (χ4n) is 2.90. The van der Waals surface area contributed by atoms with Gasteiger partial charge in [0.25, 0.3) is 0 Å². The van der Waals surface area contributed by atoms with Crippen LogP contribution in [0.25, 0.3) is 10.9 Å². The molecule has 118 valence electrons. The number of rotatable bonds is 1. The summed E-state index contributed by atoms with van der Waals surface area (Å²) in [6, 6.07) is 3.50. The van der Waals surface area contributed by atoms with Crippen LogP contribution in [0.15, 0.2) is 18.3 Å². The lowest BCUT2D eigenvalue weighted by Gasteiger charge is -2.25. The predicted molar refractivity (Wildman–Crippen MR) is 87.0 cm³/mol. The van der Waals surface area contributed by atoms with Crippen molar-refractivity contribution in [3.8, 4) is 5.75 Å². The van der Waals surface area contributed by atoms with Crippen LogP contribution >= 0.6 is 11.6 Å². The standard InChI is InChI=1S/C16H19ClN2O3/c1-16(2,3)22-15(21)19-8-9(7-17)13-10-4-5-18-14(10)12(20)6-11(13)19/h4-6,9,18,20H,7-8H2,1-3H3/t9-/m0/s1. The Balaban J connectivity index is 2.09. The number of phenolic OH excluding ortho intramolecular Hbond substituents is 1. The van der Waals surface area contributed by atoms with Crippen molar-refractivity contribution in [2.75, 3.05) is 17.3 Å².